The third-order valence-corrected chi connectivity index (χ3v) is 2.59. The molecule has 1 aromatic carbocycles. The second-order valence-electron chi connectivity index (χ2n) is 4.16. The molecule has 2 aromatic rings. The van der Waals surface area contributed by atoms with Gasteiger partial charge in [0.25, 0.3) is 5.91 Å². The third kappa shape index (κ3) is 3.16. The van der Waals surface area contributed by atoms with Crippen LogP contribution in [0.1, 0.15) is 16.1 Å². The van der Waals surface area contributed by atoms with Crippen LogP contribution in [0, 0.1) is 28.7 Å². The van der Waals surface area contributed by atoms with E-state index in [-0.39, 0.29) is 5.82 Å². The zero-order valence-electron chi connectivity index (χ0n) is 10.8. The number of nitro benzene ring substituents is 1. The van der Waals surface area contributed by atoms with Crippen molar-refractivity contribution in [2.45, 2.75) is 6.92 Å². The van der Waals surface area contributed by atoms with Crippen LogP contribution in [0.2, 0.25) is 0 Å². The summed E-state index contributed by atoms with van der Waals surface area (Å²) in [6.45, 7) is 1.68. The third-order valence-electron chi connectivity index (χ3n) is 2.59. The molecule has 0 bridgehead atoms. The summed E-state index contributed by atoms with van der Waals surface area (Å²) in [6, 6.07) is 5.76. The Kier molecular flexibility index (Phi) is 3.88. The molecule has 2 rings (SSSR count). The first kappa shape index (κ1) is 14.5. The number of carbonyl (C=O) groups is 1. The molecule has 0 radical (unpaired) electrons. The summed E-state index contributed by atoms with van der Waals surface area (Å²) in [5.74, 6) is -3.36. The van der Waals surface area contributed by atoms with Crippen molar-refractivity contribution in [2.24, 2.45) is 0 Å². The van der Waals surface area contributed by atoms with Crippen LogP contribution >= 0.6 is 0 Å². The van der Waals surface area contributed by atoms with Crippen molar-refractivity contribution in [1.82, 2.24) is 4.98 Å². The van der Waals surface area contributed by atoms with Gasteiger partial charge in [0, 0.05) is 5.69 Å². The molecule has 0 aliphatic rings. The Morgan fingerprint density at radius 1 is 1.33 bits per heavy atom. The number of aromatic nitrogens is 1. The molecule has 0 atom stereocenters. The molecular formula is C13H9F2N3O3. The molecule has 0 saturated heterocycles. The van der Waals surface area contributed by atoms with Gasteiger partial charge in [-0.05, 0) is 25.1 Å². The Balaban J connectivity index is 2.37. The van der Waals surface area contributed by atoms with Gasteiger partial charge in [0.15, 0.2) is 0 Å². The molecule has 1 amide bonds. The van der Waals surface area contributed by atoms with Gasteiger partial charge in [-0.3, -0.25) is 14.9 Å². The van der Waals surface area contributed by atoms with Crippen LogP contribution in [-0.2, 0) is 0 Å². The quantitative estimate of drug-likeness (QED) is 0.696. The van der Waals surface area contributed by atoms with E-state index in [1.165, 1.54) is 6.07 Å². The van der Waals surface area contributed by atoms with Gasteiger partial charge in [0.2, 0.25) is 5.82 Å². The van der Waals surface area contributed by atoms with Crippen LogP contribution < -0.4 is 5.32 Å². The smallest absolute Gasteiger partial charge is 0.306 e. The van der Waals surface area contributed by atoms with Gasteiger partial charge >= 0.3 is 5.69 Å². The minimum Gasteiger partial charge on any atom is -0.306 e. The maximum absolute atomic E-state index is 13.8. The van der Waals surface area contributed by atoms with E-state index >= 15 is 0 Å². The van der Waals surface area contributed by atoms with E-state index in [4.69, 9.17) is 0 Å². The maximum atomic E-state index is 13.8. The highest BCUT2D eigenvalue weighted by Crippen LogP contribution is 2.23. The number of carbonyl (C=O) groups excluding carboxylic acids is 1. The van der Waals surface area contributed by atoms with Gasteiger partial charge < -0.3 is 5.32 Å². The standard InChI is InChI=1S/C13H9F2N3O3/c1-7-3-2-4-11(16-7)17-13(19)9-5-8(14)6-10(12(9)15)18(20)21/h2-6H,1H3,(H,16,17,19). The van der Waals surface area contributed by atoms with Crippen molar-refractivity contribution in [2.75, 3.05) is 5.32 Å². The molecule has 0 aliphatic heterocycles. The lowest BCUT2D eigenvalue weighted by Gasteiger charge is -2.06. The van der Waals surface area contributed by atoms with E-state index in [1.807, 2.05) is 0 Å². The number of hydrogen-bond donors (Lipinski definition) is 1. The molecule has 6 nitrogen and oxygen atoms in total. The van der Waals surface area contributed by atoms with Crippen molar-refractivity contribution in [3.05, 3.63) is 63.3 Å². The molecule has 21 heavy (non-hydrogen) atoms. The lowest BCUT2D eigenvalue weighted by Crippen LogP contribution is -2.16. The topological polar surface area (TPSA) is 85.1 Å². The summed E-state index contributed by atoms with van der Waals surface area (Å²) in [5.41, 5.74) is -1.25. The highest BCUT2D eigenvalue weighted by Gasteiger charge is 2.24. The Labute approximate surface area is 117 Å². The van der Waals surface area contributed by atoms with Gasteiger partial charge in [0.1, 0.15) is 11.6 Å². The molecule has 0 aliphatic carbocycles. The number of benzene rings is 1. The van der Waals surface area contributed by atoms with Gasteiger partial charge in [-0.1, -0.05) is 6.07 Å². The molecule has 8 heteroatoms. The minimum absolute atomic E-state index is 0.131. The first-order valence-electron chi connectivity index (χ1n) is 5.77. The summed E-state index contributed by atoms with van der Waals surface area (Å²) in [6.07, 6.45) is 0. The number of pyridine rings is 1. The van der Waals surface area contributed by atoms with Crippen molar-refractivity contribution < 1.29 is 18.5 Å². The van der Waals surface area contributed by atoms with Crippen molar-refractivity contribution in [3.8, 4) is 0 Å². The SMILES string of the molecule is Cc1cccc(NC(=O)c2cc(F)cc([N+](=O)[O-])c2F)n1. The fourth-order valence-corrected chi connectivity index (χ4v) is 1.67. The summed E-state index contributed by atoms with van der Waals surface area (Å²) >= 11 is 0. The highest BCUT2D eigenvalue weighted by atomic mass is 19.1. The number of hydrogen-bond acceptors (Lipinski definition) is 4. The number of anilines is 1. The summed E-state index contributed by atoms with van der Waals surface area (Å²) in [5, 5.41) is 12.9. The molecule has 0 spiro atoms. The van der Waals surface area contributed by atoms with Crippen molar-refractivity contribution in [1.29, 1.82) is 0 Å². The number of aryl methyl sites for hydroxylation is 1. The first-order chi connectivity index (χ1) is 9.88. The van der Waals surface area contributed by atoms with E-state index in [1.54, 1.807) is 19.1 Å². The lowest BCUT2D eigenvalue weighted by atomic mass is 10.1. The van der Waals surface area contributed by atoms with Crippen LogP contribution in [0.4, 0.5) is 20.3 Å². The molecule has 1 N–H and O–H groups in total. The molecule has 1 heterocycles. The second kappa shape index (κ2) is 5.61. The van der Waals surface area contributed by atoms with E-state index in [0.717, 1.165) is 0 Å². The minimum atomic E-state index is -1.40. The Morgan fingerprint density at radius 2 is 2.05 bits per heavy atom. The Morgan fingerprint density at radius 3 is 2.67 bits per heavy atom. The molecule has 108 valence electrons. The Hall–Kier alpha value is -2.90. The number of nitrogens with zero attached hydrogens (tertiary/aromatic N) is 2. The molecule has 0 fully saturated rings. The molecule has 0 saturated carbocycles. The number of rotatable bonds is 3. The fourth-order valence-electron chi connectivity index (χ4n) is 1.67. The zero-order valence-corrected chi connectivity index (χ0v) is 10.8. The van der Waals surface area contributed by atoms with Gasteiger partial charge in [-0.2, -0.15) is 4.39 Å². The van der Waals surface area contributed by atoms with Gasteiger partial charge in [0.05, 0.1) is 16.6 Å². The highest BCUT2D eigenvalue weighted by molar-refractivity contribution is 6.04. The molecule has 0 unspecified atom stereocenters. The van der Waals surface area contributed by atoms with E-state index in [9.17, 15) is 23.7 Å². The van der Waals surface area contributed by atoms with E-state index < -0.39 is 33.7 Å². The van der Waals surface area contributed by atoms with E-state index in [2.05, 4.69) is 10.3 Å². The van der Waals surface area contributed by atoms with E-state index in [0.29, 0.717) is 17.8 Å². The largest absolute Gasteiger partial charge is 0.308 e. The van der Waals surface area contributed by atoms with Crippen LogP contribution in [0.3, 0.4) is 0 Å². The first-order valence-corrected chi connectivity index (χ1v) is 5.77. The number of amides is 1. The van der Waals surface area contributed by atoms with Crippen LogP contribution in [0.5, 0.6) is 0 Å². The lowest BCUT2D eigenvalue weighted by molar-refractivity contribution is -0.387. The average Bonchev–Trinajstić information content (AvgIpc) is 2.40. The summed E-state index contributed by atoms with van der Waals surface area (Å²) < 4.78 is 27.1. The van der Waals surface area contributed by atoms with Crippen LogP contribution in [-0.4, -0.2) is 15.8 Å². The van der Waals surface area contributed by atoms with Gasteiger partial charge in [-0.15, -0.1) is 0 Å². The zero-order chi connectivity index (χ0) is 15.6. The monoisotopic (exact) mass is 293 g/mol. The second-order valence-corrected chi connectivity index (χ2v) is 4.16. The average molecular weight is 293 g/mol. The summed E-state index contributed by atoms with van der Waals surface area (Å²) in [7, 11) is 0. The number of nitro groups is 1. The Bertz CT molecular complexity index is 735. The molecular weight excluding hydrogens is 284 g/mol. The normalized spacial score (nSPS) is 10.2. The number of halogens is 2. The number of nitrogens with one attached hydrogen (secondary N) is 1. The van der Waals surface area contributed by atoms with Crippen molar-refractivity contribution in [3.63, 3.8) is 0 Å². The van der Waals surface area contributed by atoms with Gasteiger partial charge in [-0.25, -0.2) is 9.37 Å². The van der Waals surface area contributed by atoms with Crippen LogP contribution in [0.15, 0.2) is 30.3 Å². The molecule has 1 aromatic heterocycles. The van der Waals surface area contributed by atoms with Crippen LogP contribution in [0.25, 0.3) is 0 Å². The predicted octanol–water partition coefficient (Wildman–Crippen LogP) is 2.83. The summed E-state index contributed by atoms with van der Waals surface area (Å²) in [4.78, 5) is 25.4. The predicted molar refractivity (Wildman–Crippen MR) is 69.9 cm³/mol. The maximum Gasteiger partial charge on any atom is 0.308 e. The van der Waals surface area contributed by atoms with Crippen molar-refractivity contribution >= 4 is 17.4 Å². The fraction of sp³-hybridized carbons (Fsp3) is 0.0769.